The highest BCUT2D eigenvalue weighted by Gasteiger charge is 2.71. The smallest absolute Gasteiger partial charge is 0.335 e. The minimum atomic E-state index is -0.869. The molecule has 0 saturated heterocycles. The highest BCUT2D eigenvalue weighted by atomic mass is 16.4. The number of nitrogens with one attached hydrogen (secondary N) is 3. The normalized spacial score (nSPS) is 43.8. The van der Waals surface area contributed by atoms with Crippen molar-refractivity contribution in [3.8, 4) is 0 Å². The highest BCUT2D eigenvalue weighted by molar-refractivity contribution is 5.88. The van der Waals surface area contributed by atoms with E-state index in [4.69, 9.17) is 0 Å². The van der Waals surface area contributed by atoms with Crippen molar-refractivity contribution in [2.45, 2.75) is 163 Å². The molecule has 0 radical (unpaired) electrons. The molecule has 0 spiro atoms. The van der Waals surface area contributed by atoms with Crippen LogP contribution in [0.25, 0.3) is 5.57 Å². The molecule has 54 heavy (non-hydrogen) atoms. The Balaban J connectivity index is 1.03. The lowest BCUT2D eigenvalue weighted by molar-refractivity contribution is -0.223. The van der Waals surface area contributed by atoms with Crippen LogP contribution < -0.4 is 16.0 Å². The van der Waals surface area contributed by atoms with Gasteiger partial charge < -0.3 is 15.5 Å². The Morgan fingerprint density at radius 3 is 2.15 bits per heavy atom. The summed E-state index contributed by atoms with van der Waals surface area (Å²) in [5.74, 6) is 3.30. The summed E-state index contributed by atoms with van der Waals surface area (Å²) in [5.41, 5.74) is 3.38. The summed E-state index contributed by atoms with van der Waals surface area (Å²) >= 11 is 0. The first-order valence-corrected chi connectivity index (χ1v) is 21.8. The van der Waals surface area contributed by atoms with Gasteiger partial charge in [0.25, 0.3) is 0 Å². The minimum Gasteiger partial charge on any atom is -0.478 e. The molecule has 7 heteroatoms. The van der Waals surface area contributed by atoms with Crippen molar-refractivity contribution in [2.75, 3.05) is 0 Å². The lowest BCUT2D eigenvalue weighted by Gasteiger charge is -2.72. The molecule has 8 rings (SSSR count). The van der Waals surface area contributed by atoms with Crippen LogP contribution in [0.4, 0.5) is 0 Å². The van der Waals surface area contributed by atoms with Crippen LogP contribution in [-0.4, -0.2) is 46.1 Å². The molecule has 7 aliphatic rings. The highest BCUT2D eigenvalue weighted by Crippen LogP contribution is 2.77. The maximum atomic E-state index is 12.9. The predicted molar refractivity (Wildman–Crippen MR) is 215 cm³/mol. The number of carboxylic acid groups (broad SMARTS) is 1. The van der Waals surface area contributed by atoms with Crippen molar-refractivity contribution in [3.05, 3.63) is 41.5 Å². The topological polar surface area (TPSA) is 111 Å². The summed E-state index contributed by atoms with van der Waals surface area (Å²) in [6, 6.07) is 7.82. The van der Waals surface area contributed by atoms with Crippen LogP contribution in [0.2, 0.25) is 0 Å². The Hall–Kier alpha value is -2.22. The van der Waals surface area contributed by atoms with Gasteiger partial charge in [-0.25, -0.2) is 4.79 Å². The lowest BCUT2D eigenvalue weighted by atomic mass is 9.33. The molecular weight excluding hydrogens is 671 g/mol. The number of hydrogen-bond acceptors (Lipinski definition) is 5. The van der Waals surface area contributed by atoms with E-state index in [2.05, 4.69) is 70.5 Å². The second-order valence-electron chi connectivity index (χ2n) is 21.9. The van der Waals surface area contributed by atoms with E-state index in [-0.39, 0.29) is 56.5 Å². The number of amides is 1. The molecule has 0 heterocycles. The van der Waals surface area contributed by atoms with Crippen molar-refractivity contribution >= 4 is 17.4 Å². The quantitative estimate of drug-likeness (QED) is 0.162. The second kappa shape index (κ2) is 12.9. The molecule has 6 fully saturated rings. The zero-order valence-electron chi connectivity index (χ0n) is 34.9. The number of carbonyl (C=O) groups excluding carboxylic acids is 1. The third-order valence-corrected chi connectivity index (χ3v) is 18.5. The Morgan fingerprint density at radius 2 is 1.52 bits per heavy atom. The molecular formula is C47H71N3O4. The van der Waals surface area contributed by atoms with E-state index in [0.29, 0.717) is 29.2 Å². The van der Waals surface area contributed by atoms with Crippen molar-refractivity contribution in [3.63, 3.8) is 0 Å². The predicted octanol–water partition coefficient (Wildman–Crippen LogP) is 9.02. The average Bonchev–Trinajstić information content (AvgIpc) is 3.87. The Kier molecular flexibility index (Phi) is 9.23. The van der Waals surface area contributed by atoms with Gasteiger partial charge in [0.2, 0.25) is 5.91 Å². The van der Waals surface area contributed by atoms with Crippen LogP contribution in [0.3, 0.4) is 0 Å². The second-order valence-corrected chi connectivity index (χ2v) is 21.9. The van der Waals surface area contributed by atoms with Gasteiger partial charge in [-0.15, -0.1) is 0 Å². The maximum Gasteiger partial charge on any atom is 0.335 e. The van der Waals surface area contributed by atoms with Gasteiger partial charge in [0.15, 0.2) is 6.35 Å². The van der Waals surface area contributed by atoms with Gasteiger partial charge in [0, 0.05) is 23.5 Å². The molecule has 7 nitrogen and oxygen atoms in total. The monoisotopic (exact) mass is 742 g/mol. The third-order valence-electron chi connectivity index (χ3n) is 18.5. The molecule has 0 bridgehead atoms. The number of fused-ring (bicyclic) bond motifs is 7. The molecule has 1 amide bonds. The van der Waals surface area contributed by atoms with Crippen LogP contribution in [0.5, 0.6) is 0 Å². The van der Waals surface area contributed by atoms with Crippen LogP contribution >= 0.6 is 0 Å². The van der Waals surface area contributed by atoms with Gasteiger partial charge in [0.1, 0.15) is 0 Å². The van der Waals surface area contributed by atoms with Crippen molar-refractivity contribution < 1.29 is 19.8 Å². The number of carboxylic acids is 1. The molecule has 12 atom stereocenters. The molecule has 6 saturated carbocycles. The number of rotatable bonds is 9. The van der Waals surface area contributed by atoms with E-state index in [1.165, 1.54) is 62.5 Å². The number of aromatic carboxylic acids is 1. The van der Waals surface area contributed by atoms with Crippen LogP contribution in [-0.2, 0) is 4.79 Å². The largest absolute Gasteiger partial charge is 0.478 e. The van der Waals surface area contributed by atoms with E-state index in [1.54, 1.807) is 12.1 Å². The molecule has 0 aromatic heterocycles. The van der Waals surface area contributed by atoms with Crippen molar-refractivity contribution in [1.82, 2.24) is 16.0 Å². The fourth-order valence-electron chi connectivity index (χ4n) is 15.4. The zero-order chi connectivity index (χ0) is 38.8. The molecule has 298 valence electrons. The Labute approximate surface area is 325 Å². The van der Waals surface area contributed by atoms with Gasteiger partial charge in [0.05, 0.1) is 5.56 Å². The number of allylic oxidation sites excluding steroid dienone is 2. The fraction of sp³-hybridized carbons (Fsp3) is 0.787. The third kappa shape index (κ3) is 5.65. The van der Waals surface area contributed by atoms with Gasteiger partial charge in [-0.3, -0.25) is 15.4 Å². The van der Waals surface area contributed by atoms with Gasteiger partial charge >= 0.3 is 5.97 Å². The number of benzene rings is 1. The summed E-state index contributed by atoms with van der Waals surface area (Å²) in [6.45, 7) is 21.4. The number of carbonyl (C=O) groups is 2. The van der Waals surface area contributed by atoms with E-state index in [9.17, 15) is 19.8 Å². The molecule has 7 aliphatic carbocycles. The van der Waals surface area contributed by atoms with E-state index in [0.717, 1.165) is 37.5 Å². The molecule has 3 unspecified atom stereocenters. The summed E-state index contributed by atoms with van der Waals surface area (Å²) in [4.78, 5) is 24.5. The first-order valence-electron chi connectivity index (χ1n) is 21.8. The summed E-state index contributed by atoms with van der Waals surface area (Å²) in [6.07, 6.45) is 16.2. The van der Waals surface area contributed by atoms with Gasteiger partial charge in [-0.2, -0.15) is 0 Å². The SMILES string of the molecule is CC(C)NC(=O)[C@H]1C[C@@H](NC(O)N[C@]23CC[C@@H](C4CC4)C2[C@H]2CCC4[C@@]5(C)CC=C(c6ccc(C(=O)O)cc6)C(C)(C)[C@@H]5CC[C@@]4(C)[C@]2(C)CC3)C1(C)C. The standard InChI is InChI=1S/C47H71N3O4/c1-27(2)48-39(51)34-26-37(43(34,5)6)49-41(54)50-47-23-18-31(28-10-11-28)38(47)33-16-17-36-44(7)21-19-32(29-12-14-30(15-13-29)40(52)53)42(3,4)35(44)20-22-46(36,9)45(33,8)24-25-47/h12-15,19,27-28,31,33-38,41,49-50,54H,10-11,16-18,20-26H2,1-9H3,(H,48,51)(H,52,53)/t31-,33+,34+,35-,36?,37+,38?,41?,44-,45+,46+,47-/m0/s1. The molecule has 0 aliphatic heterocycles. The number of aliphatic hydroxyl groups excluding tert-OH is 1. The Morgan fingerprint density at radius 1 is 0.815 bits per heavy atom. The van der Waals surface area contributed by atoms with E-state index in [1.807, 2.05) is 26.0 Å². The van der Waals surface area contributed by atoms with Crippen LogP contribution in [0.15, 0.2) is 30.3 Å². The van der Waals surface area contributed by atoms with Crippen molar-refractivity contribution in [1.29, 1.82) is 0 Å². The zero-order valence-corrected chi connectivity index (χ0v) is 34.9. The maximum absolute atomic E-state index is 12.9. The molecule has 1 aromatic rings. The average molecular weight is 742 g/mol. The lowest BCUT2D eigenvalue weighted by Crippen LogP contribution is -2.71. The first-order chi connectivity index (χ1) is 25.3. The summed E-state index contributed by atoms with van der Waals surface area (Å²) < 4.78 is 0. The van der Waals surface area contributed by atoms with Crippen LogP contribution in [0.1, 0.15) is 155 Å². The summed E-state index contributed by atoms with van der Waals surface area (Å²) in [7, 11) is 0. The molecule has 1 aromatic carbocycles. The Bertz CT molecular complexity index is 1680. The fourth-order valence-corrected chi connectivity index (χ4v) is 15.4. The summed E-state index contributed by atoms with van der Waals surface area (Å²) in [5, 5.41) is 32.0. The number of hydrogen-bond donors (Lipinski definition) is 5. The van der Waals surface area contributed by atoms with E-state index < -0.39 is 12.3 Å². The van der Waals surface area contributed by atoms with Crippen LogP contribution in [0, 0.1) is 68.5 Å². The van der Waals surface area contributed by atoms with Crippen molar-refractivity contribution in [2.24, 2.45) is 68.5 Å². The van der Waals surface area contributed by atoms with Gasteiger partial charge in [-0.1, -0.05) is 66.7 Å². The molecule has 5 N–H and O–H groups in total. The van der Waals surface area contributed by atoms with E-state index >= 15 is 0 Å². The number of aliphatic hydroxyl groups is 1. The van der Waals surface area contributed by atoms with Gasteiger partial charge in [-0.05, 0) is 177 Å². The minimum absolute atomic E-state index is 0.00136. The first kappa shape index (κ1) is 38.6.